The highest BCUT2D eigenvalue weighted by Gasteiger charge is 2.30. The van der Waals surface area contributed by atoms with Crippen molar-refractivity contribution in [2.24, 2.45) is 5.73 Å². The van der Waals surface area contributed by atoms with Crippen molar-refractivity contribution in [3.05, 3.63) is 24.3 Å². The number of ether oxygens (including phenoxy) is 1. The maximum atomic E-state index is 12.0. The fraction of sp³-hybridized carbons (Fsp3) is 0.632. The average molecular weight is 331 g/mol. The molecule has 5 nitrogen and oxygen atoms in total. The van der Waals surface area contributed by atoms with Crippen LogP contribution >= 0.6 is 0 Å². The van der Waals surface area contributed by atoms with E-state index in [4.69, 9.17) is 10.5 Å². The average Bonchev–Trinajstić information content (AvgIpc) is 3.18. The molecule has 2 saturated heterocycles. The lowest BCUT2D eigenvalue weighted by atomic mass is 10.2. The third-order valence-corrected chi connectivity index (χ3v) is 5.26. The SMILES string of the molecule is CC1CCCN1CCCOc1ccc(N2C(=O)CC[C@H]2CN)cc1. The van der Waals surface area contributed by atoms with Crippen LogP contribution in [0.5, 0.6) is 5.75 Å². The molecule has 0 saturated carbocycles. The molecule has 2 aliphatic heterocycles. The van der Waals surface area contributed by atoms with Crippen molar-refractivity contribution in [1.29, 1.82) is 0 Å². The number of nitrogens with two attached hydrogens (primary N) is 1. The summed E-state index contributed by atoms with van der Waals surface area (Å²) in [6.07, 6.45) is 5.13. The number of hydrogen-bond acceptors (Lipinski definition) is 4. The Morgan fingerprint density at radius 1 is 1.25 bits per heavy atom. The minimum atomic E-state index is 0.131. The van der Waals surface area contributed by atoms with Crippen molar-refractivity contribution < 1.29 is 9.53 Å². The maximum absolute atomic E-state index is 12.0. The van der Waals surface area contributed by atoms with Gasteiger partial charge in [-0.25, -0.2) is 0 Å². The van der Waals surface area contributed by atoms with Gasteiger partial charge in [-0.1, -0.05) is 0 Å². The lowest BCUT2D eigenvalue weighted by Gasteiger charge is -2.24. The van der Waals surface area contributed by atoms with E-state index in [1.54, 1.807) is 0 Å². The molecule has 0 radical (unpaired) electrons. The highest BCUT2D eigenvalue weighted by Crippen LogP contribution is 2.28. The second kappa shape index (κ2) is 7.99. The quantitative estimate of drug-likeness (QED) is 0.780. The number of amides is 1. The van der Waals surface area contributed by atoms with E-state index in [0.29, 0.717) is 13.0 Å². The Bertz CT molecular complexity index is 546. The Morgan fingerprint density at radius 3 is 2.71 bits per heavy atom. The minimum Gasteiger partial charge on any atom is -0.494 e. The summed E-state index contributed by atoms with van der Waals surface area (Å²) in [5.41, 5.74) is 6.70. The number of rotatable bonds is 7. The van der Waals surface area contributed by atoms with E-state index in [9.17, 15) is 4.79 Å². The van der Waals surface area contributed by atoms with Gasteiger partial charge in [-0.2, -0.15) is 0 Å². The van der Waals surface area contributed by atoms with Gasteiger partial charge in [0, 0.05) is 37.3 Å². The summed E-state index contributed by atoms with van der Waals surface area (Å²) in [4.78, 5) is 16.4. The molecule has 2 atom stereocenters. The Balaban J connectivity index is 1.47. The summed E-state index contributed by atoms with van der Waals surface area (Å²) in [6.45, 7) is 5.89. The van der Waals surface area contributed by atoms with Crippen LogP contribution in [0.4, 0.5) is 5.69 Å². The number of hydrogen-bond donors (Lipinski definition) is 1. The fourth-order valence-corrected chi connectivity index (χ4v) is 3.81. The van der Waals surface area contributed by atoms with Crippen LogP contribution in [0.1, 0.15) is 39.0 Å². The first-order valence-corrected chi connectivity index (χ1v) is 9.18. The van der Waals surface area contributed by atoms with Crippen molar-refractivity contribution >= 4 is 11.6 Å². The van der Waals surface area contributed by atoms with Gasteiger partial charge in [-0.05, 0) is 63.4 Å². The number of anilines is 1. The second-order valence-corrected chi connectivity index (χ2v) is 6.92. The largest absolute Gasteiger partial charge is 0.494 e. The van der Waals surface area contributed by atoms with Gasteiger partial charge in [0.1, 0.15) is 5.75 Å². The Labute approximate surface area is 144 Å². The first-order chi connectivity index (χ1) is 11.7. The Hall–Kier alpha value is -1.59. The summed E-state index contributed by atoms with van der Waals surface area (Å²) in [5, 5.41) is 0. The van der Waals surface area contributed by atoms with Gasteiger partial charge >= 0.3 is 0 Å². The molecular weight excluding hydrogens is 302 g/mol. The topological polar surface area (TPSA) is 58.8 Å². The summed E-state index contributed by atoms with van der Waals surface area (Å²) in [5.74, 6) is 1.03. The molecule has 24 heavy (non-hydrogen) atoms. The van der Waals surface area contributed by atoms with Crippen molar-refractivity contribution in [2.45, 2.75) is 51.1 Å². The molecule has 1 aromatic rings. The van der Waals surface area contributed by atoms with E-state index in [2.05, 4.69) is 11.8 Å². The zero-order valence-electron chi connectivity index (χ0n) is 14.6. The van der Waals surface area contributed by atoms with Crippen LogP contribution in [-0.4, -0.2) is 49.1 Å². The standard InChI is InChI=1S/C19H29N3O2/c1-15-4-2-11-21(15)12-3-13-24-18-8-5-16(6-9-18)22-17(14-20)7-10-19(22)23/h5-6,8-9,15,17H,2-4,7,10-14,20H2,1H3/t15?,17-/m0/s1. The lowest BCUT2D eigenvalue weighted by molar-refractivity contribution is -0.117. The van der Waals surface area contributed by atoms with E-state index in [-0.39, 0.29) is 11.9 Å². The van der Waals surface area contributed by atoms with Crippen LogP contribution in [-0.2, 0) is 4.79 Å². The van der Waals surface area contributed by atoms with Gasteiger partial charge in [-0.3, -0.25) is 4.79 Å². The zero-order valence-corrected chi connectivity index (χ0v) is 14.6. The summed E-state index contributed by atoms with van der Waals surface area (Å²) < 4.78 is 5.84. The third kappa shape index (κ3) is 3.90. The molecule has 3 rings (SSSR count). The summed E-state index contributed by atoms with van der Waals surface area (Å²) in [6, 6.07) is 8.68. The molecule has 2 heterocycles. The summed E-state index contributed by atoms with van der Waals surface area (Å²) in [7, 11) is 0. The normalized spacial score (nSPS) is 24.8. The molecule has 0 bridgehead atoms. The van der Waals surface area contributed by atoms with E-state index < -0.39 is 0 Å². The van der Waals surface area contributed by atoms with Gasteiger partial charge in [0.2, 0.25) is 5.91 Å². The molecule has 132 valence electrons. The first kappa shape index (κ1) is 17.2. The van der Waals surface area contributed by atoms with E-state index in [0.717, 1.165) is 43.5 Å². The van der Waals surface area contributed by atoms with Crippen molar-refractivity contribution in [3.8, 4) is 5.75 Å². The molecule has 0 aromatic heterocycles. The molecule has 5 heteroatoms. The van der Waals surface area contributed by atoms with E-state index in [1.165, 1.54) is 19.4 Å². The van der Waals surface area contributed by atoms with E-state index >= 15 is 0 Å². The fourth-order valence-electron chi connectivity index (χ4n) is 3.81. The smallest absolute Gasteiger partial charge is 0.227 e. The minimum absolute atomic E-state index is 0.131. The highest BCUT2D eigenvalue weighted by molar-refractivity contribution is 5.96. The highest BCUT2D eigenvalue weighted by atomic mass is 16.5. The molecular formula is C19H29N3O2. The Morgan fingerprint density at radius 2 is 2.04 bits per heavy atom. The predicted molar refractivity (Wildman–Crippen MR) is 96.4 cm³/mol. The number of nitrogens with zero attached hydrogens (tertiary/aromatic N) is 2. The van der Waals surface area contributed by atoms with Gasteiger partial charge < -0.3 is 20.3 Å². The Kier molecular flexibility index (Phi) is 5.74. The van der Waals surface area contributed by atoms with Crippen molar-refractivity contribution in [2.75, 3.05) is 31.1 Å². The van der Waals surface area contributed by atoms with Crippen LogP contribution in [0.3, 0.4) is 0 Å². The molecule has 0 spiro atoms. The third-order valence-electron chi connectivity index (χ3n) is 5.26. The number of likely N-dealkylation sites (tertiary alicyclic amines) is 1. The molecule has 2 aliphatic rings. The summed E-state index contributed by atoms with van der Waals surface area (Å²) >= 11 is 0. The molecule has 1 amide bonds. The monoisotopic (exact) mass is 331 g/mol. The van der Waals surface area contributed by atoms with Crippen LogP contribution in [0.2, 0.25) is 0 Å². The van der Waals surface area contributed by atoms with Crippen LogP contribution in [0.15, 0.2) is 24.3 Å². The molecule has 1 unspecified atom stereocenters. The van der Waals surface area contributed by atoms with Crippen molar-refractivity contribution in [3.63, 3.8) is 0 Å². The van der Waals surface area contributed by atoms with Gasteiger partial charge in [0.05, 0.1) is 6.61 Å². The van der Waals surface area contributed by atoms with Gasteiger partial charge in [0.25, 0.3) is 0 Å². The maximum Gasteiger partial charge on any atom is 0.227 e. The van der Waals surface area contributed by atoms with Crippen molar-refractivity contribution in [1.82, 2.24) is 4.90 Å². The zero-order chi connectivity index (χ0) is 16.9. The molecule has 2 fully saturated rings. The second-order valence-electron chi connectivity index (χ2n) is 6.92. The van der Waals surface area contributed by atoms with Gasteiger partial charge in [-0.15, -0.1) is 0 Å². The number of carbonyl (C=O) groups excluding carboxylic acids is 1. The van der Waals surface area contributed by atoms with Crippen LogP contribution < -0.4 is 15.4 Å². The van der Waals surface area contributed by atoms with Gasteiger partial charge in [0.15, 0.2) is 0 Å². The van der Waals surface area contributed by atoms with Crippen LogP contribution in [0.25, 0.3) is 0 Å². The van der Waals surface area contributed by atoms with E-state index in [1.807, 2.05) is 29.2 Å². The number of benzene rings is 1. The predicted octanol–water partition coefficient (Wildman–Crippen LogP) is 2.39. The van der Waals surface area contributed by atoms with Crippen LogP contribution in [0, 0.1) is 0 Å². The molecule has 1 aromatic carbocycles. The number of carbonyl (C=O) groups is 1. The molecule has 2 N–H and O–H groups in total. The molecule has 0 aliphatic carbocycles. The lowest BCUT2D eigenvalue weighted by Crippen LogP contribution is -2.37. The first-order valence-electron chi connectivity index (χ1n) is 9.18.